The van der Waals surface area contributed by atoms with E-state index < -0.39 is 0 Å². The summed E-state index contributed by atoms with van der Waals surface area (Å²) >= 11 is 0. The summed E-state index contributed by atoms with van der Waals surface area (Å²) in [5.41, 5.74) is 1.35. The minimum atomic E-state index is -0.0953. The summed E-state index contributed by atoms with van der Waals surface area (Å²) < 4.78 is 0. The molecule has 0 saturated carbocycles. The molecule has 1 aromatic rings. The Hall–Kier alpha value is -1.88. The first-order valence-corrected chi connectivity index (χ1v) is 7.60. The molecule has 22 heavy (non-hydrogen) atoms. The largest absolute Gasteiger partial charge is 0.326 e. The van der Waals surface area contributed by atoms with Crippen LogP contribution in [0.2, 0.25) is 0 Å². The molecule has 0 bridgehead atoms. The first-order valence-electron chi connectivity index (χ1n) is 7.60. The van der Waals surface area contributed by atoms with Crippen molar-refractivity contribution >= 4 is 23.2 Å². The quantitative estimate of drug-likeness (QED) is 0.756. The van der Waals surface area contributed by atoms with E-state index in [-0.39, 0.29) is 23.9 Å². The summed E-state index contributed by atoms with van der Waals surface area (Å²) in [5.74, 6) is 0.238. The summed E-state index contributed by atoms with van der Waals surface area (Å²) in [6.45, 7) is 10.3. The molecule has 0 aliphatic rings. The molecular weight excluding hydrogens is 278 g/mol. The van der Waals surface area contributed by atoms with Crippen LogP contribution in [-0.4, -0.2) is 23.9 Å². The van der Waals surface area contributed by atoms with Gasteiger partial charge in [0.25, 0.3) is 0 Å². The highest BCUT2D eigenvalue weighted by Gasteiger charge is 2.11. The van der Waals surface area contributed by atoms with E-state index in [9.17, 15) is 9.59 Å². The van der Waals surface area contributed by atoms with Crippen LogP contribution in [0.5, 0.6) is 0 Å². The topological polar surface area (TPSA) is 70.2 Å². The Balaban J connectivity index is 2.48. The smallest absolute Gasteiger partial charge is 0.238 e. The van der Waals surface area contributed by atoms with Crippen LogP contribution in [0.4, 0.5) is 11.4 Å². The fourth-order valence-corrected chi connectivity index (χ4v) is 1.77. The van der Waals surface area contributed by atoms with Crippen LogP contribution in [0.1, 0.15) is 41.0 Å². The Kier molecular flexibility index (Phi) is 6.56. The zero-order chi connectivity index (χ0) is 16.8. The van der Waals surface area contributed by atoms with Gasteiger partial charge in [0.15, 0.2) is 0 Å². The third-order valence-corrected chi connectivity index (χ3v) is 2.83. The standard InChI is InChI=1S/C17H27N3O2/c1-12(2)10-15(21)19-13-6-8-14(9-7-13)20-16(22)11-18-17(3,4)5/h6-9,12,18H,10-11H2,1-5H3,(H,19,21)(H,20,22). The van der Waals surface area contributed by atoms with Crippen molar-refractivity contribution < 1.29 is 9.59 Å². The van der Waals surface area contributed by atoms with Gasteiger partial charge >= 0.3 is 0 Å². The van der Waals surface area contributed by atoms with Crippen LogP contribution in [-0.2, 0) is 9.59 Å². The van der Waals surface area contributed by atoms with Crippen LogP contribution in [0.15, 0.2) is 24.3 Å². The van der Waals surface area contributed by atoms with Gasteiger partial charge in [-0.15, -0.1) is 0 Å². The summed E-state index contributed by atoms with van der Waals surface area (Å²) in [7, 11) is 0. The van der Waals surface area contributed by atoms with Crippen LogP contribution >= 0.6 is 0 Å². The van der Waals surface area contributed by atoms with E-state index in [1.54, 1.807) is 24.3 Å². The molecule has 0 atom stereocenters. The van der Waals surface area contributed by atoms with Gasteiger partial charge in [-0.05, 0) is 51.0 Å². The maximum Gasteiger partial charge on any atom is 0.238 e. The average molecular weight is 305 g/mol. The van der Waals surface area contributed by atoms with E-state index in [0.717, 1.165) is 5.69 Å². The molecule has 0 saturated heterocycles. The summed E-state index contributed by atoms with van der Waals surface area (Å²) in [4.78, 5) is 23.5. The Bertz CT molecular complexity index is 502. The zero-order valence-electron chi connectivity index (χ0n) is 14.1. The normalized spacial score (nSPS) is 11.4. The number of nitrogens with one attached hydrogen (secondary N) is 3. The molecule has 0 fully saturated rings. The molecule has 1 aromatic carbocycles. The predicted octanol–water partition coefficient (Wildman–Crippen LogP) is 3.00. The van der Waals surface area contributed by atoms with Crippen LogP contribution in [0.3, 0.4) is 0 Å². The molecule has 2 amide bonds. The third kappa shape index (κ3) is 7.78. The second-order valence-electron chi connectivity index (χ2n) is 6.88. The van der Waals surface area contributed by atoms with E-state index in [1.807, 2.05) is 34.6 Å². The van der Waals surface area contributed by atoms with E-state index in [1.165, 1.54) is 0 Å². The lowest BCUT2D eigenvalue weighted by atomic mass is 10.1. The van der Waals surface area contributed by atoms with Crippen molar-refractivity contribution in [1.29, 1.82) is 0 Å². The van der Waals surface area contributed by atoms with Gasteiger partial charge in [-0.1, -0.05) is 13.8 Å². The Morgan fingerprint density at radius 2 is 1.41 bits per heavy atom. The van der Waals surface area contributed by atoms with Crippen molar-refractivity contribution in [1.82, 2.24) is 5.32 Å². The highest BCUT2D eigenvalue weighted by molar-refractivity contribution is 5.93. The number of benzene rings is 1. The van der Waals surface area contributed by atoms with Crippen molar-refractivity contribution in [2.45, 2.75) is 46.6 Å². The molecule has 0 unspecified atom stereocenters. The fraction of sp³-hybridized carbons (Fsp3) is 0.529. The molecule has 0 heterocycles. The van der Waals surface area contributed by atoms with E-state index >= 15 is 0 Å². The number of hydrogen-bond donors (Lipinski definition) is 3. The Labute approximate surface area is 132 Å². The molecule has 0 aromatic heterocycles. The van der Waals surface area contributed by atoms with Crippen LogP contribution in [0, 0.1) is 5.92 Å². The van der Waals surface area contributed by atoms with Crippen LogP contribution < -0.4 is 16.0 Å². The average Bonchev–Trinajstić information content (AvgIpc) is 2.37. The number of carbonyl (C=O) groups is 2. The summed E-state index contributed by atoms with van der Waals surface area (Å²) in [6.07, 6.45) is 0.497. The number of rotatable bonds is 6. The summed E-state index contributed by atoms with van der Waals surface area (Å²) in [5, 5.41) is 8.78. The second-order valence-corrected chi connectivity index (χ2v) is 6.88. The van der Waals surface area contributed by atoms with Gasteiger partial charge in [-0.3, -0.25) is 9.59 Å². The van der Waals surface area contributed by atoms with Crippen LogP contribution in [0.25, 0.3) is 0 Å². The van der Waals surface area contributed by atoms with Gasteiger partial charge in [-0.2, -0.15) is 0 Å². The summed E-state index contributed by atoms with van der Waals surface area (Å²) in [6, 6.07) is 7.12. The molecule has 0 aliphatic carbocycles. The SMILES string of the molecule is CC(C)CC(=O)Nc1ccc(NC(=O)CNC(C)(C)C)cc1. The minimum absolute atomic E-state index is 0.00108. The minimum Gasteiger partial charge on any atom is -0.326 e. The van der Waals surface area contributed by atoms with Gasteiger partial charge in [0.1, 0.15) is 0 Å². The third-order valence-electron chi connectivity index (χ3n) is 2.83. The molecular formula is C17H27N3O2. The van der Waals surface area contributed by atoms with Crippen molar-refractivity contribution in [3.05, 3.63) is 24.3 Å². The molecule has 0 spiro atoms. The lowest BCUT2D eigenvalue weighted by Gasteiger charge is -2.20. The van der Waals surface area contributed by atoms with Crippen molar-refractivity contribution in [3.63, 3.8) is 0 Å². The monoisotopic (exact) mass is 305 g/mol. The molecule has 0 radical (unpaired) electrons. The molecule has 122 valence electrons. The maximum absolute atomic E-state index is 11.8. The molecule has 3 N–H and O–H groups in total. The predicted molar refractivity (Wildman–Crippen MR) is 90.9 cm³/mol. The molecule has 5 heteroatoms. The first-order chi connectivity index (χ1) is 10.2. The van der Waals surface area contributed by atoms with Crippen molar-refractivity contribution in [3.8, 4) is 0 Å². The van der Waals surface area contributed by atoms with Gasteiger partial charge in [0, 0.05) is 23.3 Å². The Morgan fingerprint density at radius 3 is 1.82 bits per heavy atom. The molecule has 5 nitrogen and oxygen atoms in total. The first kappa shape index (κ1) is 18.2. The highest BCUT2D eigenvalue weighted by atomic mass is 16.2. The second kappa shape index (κ2) is 7.94. The van der Waals surface area contributed by atoms with Gasteiger partial charge in [-0.25, -0.2) is 0 Å². The number of hydrogen-bond acceptors (Lipinski definition) is 3. The lowest BCUT2D eigenvalue weighted by molar-refractivity contribution is -0.117. The van der Waals surface area contributed by atoms with E-state index in [0.29, 0.717) is 18.0 Å². The number of anilines is 2. The van der Waals surface area contributed by atoms with Gasteiger partial charge in [0.2, 0.25) is 11.8 Å². The lowest BCUT2D eigenvalue weighted by Crippen LogP contribution is -2.41. The van der Waals surface area contributed by atoms with Gasteiger partial charge < -0.3 is 16.0 Å². The number of carbonyl (C=O) groups excluding carboxylic acids is 2. The van der Waals surface area contributed by atoms with E-state index in [2.05, 4.69) is 16.0 Å². The fourth-order valence-electron chi connectivity index (χ4n) is 1.77. The molecule has 1 rings (SSSR count). The van der Waals surface area contributed by atoms with Gasteiger partial charge in [0.05, 0.1) is 6.54 Å². The Morgan fingerprint density at radius 1 is 0.955 bits per heavy atom. The zero-order valence-corrected chi connectivity index (χ0v) is 14.1. The highest BCUT2D eigenvalue weighted by Crippen LogP contribution is 2.14. The maximum atomic E-state index is 11.8. The molecule has 0 aliphatic heterocycles. The van der Waals surface area contributed by atoms with Crippen molar-refractivity contribution in [2.75, 3.05) is 17.2 Å². The van der Waals surface area contributed by atoms with Crippen molar-refractivity contribution in [2.24, 2.45) is 5.92 Å². The number of amides is 2. The van der Waals surface area contributed by atoms with E-state index in [4.69, 9.17) is 0 Å².